The number of non-ortho nitro benzene ring substituents is 1. The van der Waals surface area contributed by atoms with Gasteiger partial charge in [-0.2, -0.15) is 0 Å². The summed E-state index contributed by atoms with van der Waals surface area (Å²) in [7, 11) is 0. The summed E-state index contributed by atoms with van der Waals surface area (Å²) in [6.45, 7) is 4.00. The van der Waals surface area contributed by atoms with Gasteiger partial charge in [0.1, 0.15) is 0 Å². The van der Waals surface area contributed by atoms with Gasteiger partial charge in [-0.1, -0.05) is 26.0 Å². The quantitative estimate of drug-likeness (QED) is 0.380. The molecule has 0 aliphatic rings. The van der Waals surface area contributed by atoms with Crippen molar-refractivity contribution in [3.63, 3.8) is 0 Å². The predicted octanol–water partition coefficient (Wildman–Crippen LogP) is 4.35. The molecule has 0 amide bonds. The Balaban J connectivity index is 0.000000704. The van der Waals surface area contributed by atoms with Gasteiger partial charge in [0.15, 0.2) is 5.43 Å². The molecule has 2 aromatic carbocycles. The minimum atomic E-state index is -0.453. The average molecular weight is 287 g/mol. The molecule has 0 N–H and O–H groups in total. The molecule has 0 saturated carbocycles. The standard InChI is InChI=1S/C13H7NO3S.C2H6/c15-13-9-3-1-2-4-11(9)18-12-7-8(14(16)17)5-6-10(12)13;1-2/h1-7H;1-2H3. The lowest BCUT2D eigenvalue weighted by atomic mass is 10.2. The lowest BCUT2D eigenvalue weighted by Gasteiger charge is -2.00. The summed E-state index contributed by atoms with van der Waals surface area (Å²) in [5.41, 5.74) is -0.0670. The van der Waals surface area contributed by atoms with Gasteiger partial charge < -0.3 is 0 Å². The van der Waals surface area contributed by atoms with E-state index in [1.54, 1.807) is 6.07 Å². The van der Waals surface area contributed by atoms with Crippen LogP contribution in [0.2, 0.25) is 0 Å². The van der Waals surface area contributed by atoms with E-state index in [0.717, 1.165) is 4.70 Å². The van der Waals surface area contributed by atoms with Gasteiger partial charge in [-0.25, -0.2) is 0 Å². The van der Waals surface area contributed by atoms with Gasteiger partial charge in [-0.15, -0.1) is 11.3 Å². The summed E-state index contributed by atoms with van der Waals surface area (Å²) >= 11 is 1.39. The van der Waals surface area contributed by atoms with Crippen LogP contribution in [0.3, 0.4) is 0 Å². The topological polar surface area (TPSA) is 60.2 Å². The van der Waals surface area contributed by atoms with Crippen molar-refractivity contribution in [2.75, 3.05) is 0 Å². The first-order valence-corrected chi connectivity index (χ1v) is 7.08. The molecular weight excluding hydrogens is 274 g/mol. The van der Waals surface area contributed by atoms with Crippen LogP contribution in [0.5, 0.6) is 0 Å². The van der Waals surface area contributed by atoms with Crippen molar-refractivity contribution in [1.29, 1.82) is 0 Å². The van der Waals surface area contributed by atoms with Crippen molar-refractivity contribution in [3.8, 4) is 0 Å². The number of hydrogen-bond donors (Lipinski definition) is 0. The first-order chi connectivity index (χ1) is 9.66. The summed E-state index contributed by atoms with van der Waals surface area (Å²) in [4.78, 5) is 22.5. The summed E-state index contributed by atoms with van der Waals surface area (Å²) in [6, 6.07) is 11.6. The van der Waals surface area contributed by atoms with Gasteiger partial charge in [0.25, 0.3) is 5.69 Å². The normalized spacial score (nSPS) is 10.1. The zero-order valence-electron chi connectivity index (χ0n) is 11.1. The highest BCUT2D eigenvalue weighted by Gasteiger charge is 2.10. The third kappa shape index (κ3) is 2.40. The molecule has 0 fully saturated rings. The molecule has 3 aromatic rings. The second-order valence-electron chi connectivity index (χ2n) is 3.86. The van der Waals surface area contributed by atoms with Crippen LogP contribution in [0.25, 0.3) is 20.2 Å². The van der Waals surface area contributed by atoms with E-state index in [0.29, 0.717) is 15.5 Å². The van der Waals surface area contributed by atoms with Gasteiger partial charge in [0.05, 0.1) is 4.92 Å². The smallest absolute Gasteiger partial charge is 0.270 e. The highest BCUT2D eigenvalue weighted by Crippen LogP contribution is 2.27. The monoisotopic (exact) mass is 287 g/mol. The minimum Gasteiger partial charge on any atom is -0.289 e. The lowest BCUT2D eigenvalue weighted by molar-refractivity contribution is -0.384. The molecule has 0 atom stereocenters. The number of nitro groups is 1. The second kappa shape index (κ2) is 5.79. The van der Waals surface area contributed by atoms with E-state index in [1.807, 2.05) is 32.0 Å². The molecule has 3 rings (SSSR count). The minimum absolute atomic E-state index is 0.00781. The summed E-state index contributed by atoms with van der Waals surface area (Å²) in [5, 5.41) is 11.9. The molecule has 0 radical (unpaired) electrons. The van der Waals surface area contributed by atoms with Crippen LogP contribution < -0.4 is 5.43 Å². The maximum atomic E-state index is 12.2. The zero-order chi connectivity index (χ0) is 14.7. The van der Waals surface area contributed by atoms with Crippen molar-refractivity contribution in [2.45, 2.75) is 13.8 Å². The van der Waals surface area contributed by atoms with E-state index >= 15 is 0 Å². The Morgan fingerprint density at radius 3 is 2.35 bits per heavy atom. The summed E-state index contributed by atoms with van der Waals surface area (Å²) in [5.74, 6) is 0. The number of nitro benzene ring substituents is 1. The Labute approximate surface area is 119 Å². The molecular formula is C15H13NO3S. The Kier molecular flexibility index (Phi) is 4.10. The van der Waals surface area contributed by atoms with E-state index in [9.17, 15) is 14.9 Å². The fourth-order valence-corrected chi connectivity index (χ4v) is 3.01. The van der Waals surface area contributed by atoms with Crippen LogP contribution in [0.1, 0.15) is 13.8 Å². The largest absolute Gasteiger partial charge is 0.289 e. The molecule has 4 nitrogen and oxygen atoms in total. The molecule has 0 bridgehead atoms. The fraction of sp³-hybridized carbons (Fsp3) is 0.133. The van der Waals surface area contributed by atoms with Crippen molar-refractivity contribution < 1.29 is 4.92 Å². The lowest BCUT2D eigenvalue weighted by Crippen LogP contribution is -2.00. The average Bonchev–Trinajstić information content (AvgIpc) is 2.49. The Hall–Kier alpha value is -2.27. The molecule has 1 heterocycles. The summed E-state index contributed by atoms with van der Waals surface area (Å²) in [6.07, 6.45) is 0. The Morgan fingerprint density at radius 2 is 1.65 bits per heavy atom. The molecule has 1 aromatic heterocycles. The van der Waals surface area contributed by atoms with Gasteiger partial charge in [-0.3, -0.25) is 14.9 Å². The SMILES string of the molecule is CC.O=c1c2ccccc2sc2cc([N+](=O)[O-])ccc12. The highest BCUT2D eigenvalue weighted by atomic mass is 32.1. The van der Waals surface area contributed by atoms with Crippen LogP contribution >= 0.6 is 11.3 Å². The van der Waals surface area contributed by atoms with Crippen LogP contribution in [-0.2, 0) is 0 Å². The Morgan fingerprint density at radius 1 is 1.00 bits per heavy atom. The maximum absolute atomic E-state index is 12.2. The Bertz CT molecular complexity index is 839. The first-order valence-electron chi connectivity index (χ1n) is 6.27. The third-order valence-electron chi connectivity index (χ3n) is 2.77. The fourth-order valence-electron chi connectivity index (χ4n) is 1.90. The van der Waals surface area contributed by atoms with Gasteiger partial charge in [-0.05, 0) is 18.2 Å². The third-order valence-corrected chi connectivity index (χ3v) is 3.91. The number of benzene rings is 2. The number of rotatable bonds is 1. The number of nitrogens with zero attached hydrogens (tertiary/aromatic N) is 1. The number of hydrogen-bond acceptors (Lipinski definition) is 4. The van der Waals surface area contributed by atoms with E-state index < -0.39 is 4.92 Å². The molecule has 5 heteroatoms. The molecule has 0 saturated heterocycles. The van der Waals surface area contributed by atoms with Crippen molar-refractivity contribution >= 4 is 37.2 Å². The van der Waals surface area contributed by atoms with Crippen LogP contribution in [-0.4, -0.2) is 4.92 Å². The van der Waals surface area contributed by atoms with Gasteiger partial charge >= 0.3 is 0 Å². The molecule has 0 aliphatic carbocycles. The summed E-state index contributed by atoms with van der Waals surface area (Å²) < 4.78 is 1.49. The highest BCUT2D eigenvalue weighted by molar-refractivity contribution is 7.24. The molecule has 20 heavy (non-hydrogen) atoms. The van der Waals surface area contributed by atoms with Crippen molar-refractivity contribution in [3.05, 3.63) is 62.8 Å². The number of fused-ring (bicyclic) bond motifs is 2. The van der Waals surface area contributed by atoms with E-state index in [1.165, 1.54) is 29.5 Å². The van der Waals surface area contributed by atoms with E-state index in [-0.39, 0.29) is 11.1 Å². The maximum Gasteiger partial charge on any atom is 0.270 e. The first kappa shape index (κ1) is 14.1. The van der Waals surface area contributed by atoms with E-state index in [2.05, 4.69) is 0 Å². The molecule has 0 unspecified atom stereocenters. The second-order valence-corrected chi connectivity index (χ2v) is 4.95. The van der Waals surface area contributed by atoms with Crippen LogP contribution in [0.15, 0.2) is 47.3 Å². The predicted molar refractivity (Wildman–Crippen MR) is 83.6 cm³/mol. The molecule has 0 spiro atoms. The molecule has 102 valence electrons. The zero-order valence-corrected chi connectivity index (χ0v) is 11.9. The van der Waals surface area contributed by atoms with E-state index in [4.69, 9.17) is 0 Å². The van der Waals surface area contributed by atoms with Crippen molar-refractivity contribution in [1.82, 2.24) is 0 Å². The van der Waals surface area contributed by atoms with Gasteiger partial charge in [0.2, 0.25) is 0 Å². The van der Waals surface area contributed by atoms with Gasteiger partial charge in [0, 0.05) is 32.3 Å². The molecule has 0 aliphatic heterocycles. The van der Waals surface area contributed by atoms with Crippen LogP contribution in [0, 0.1) is 10.1 Å². The van der Waals surface area contributed by atoms with Crippen LogP contribution in [0.4, 0.5) is 5.69 Å². The van der Waals surface area contributed by atoms with Crippen molar-refractivity contribution in [2.24, 2.45) is 0 Å².